The first-order valence-corrected chi connectivity index (χ1v) is 9.80. The van der Waals surface area contributed by atoms with Gasteiger partial charge in [0.25, 0.3) is 5.56 Å². The molecule has 6 heteroatoms. The molecule has 0 saturated carbocycles. The Labute approximate surface area is 168 Å². The number of aromatic nitrogens is 2. The minimum Gasteiger partial charge on any atom is -0.497 e. The van der Waals surface area contributed by atoms with Crippen LogP contribution in [-0.2, 0) is 17.8 Å². The molecule has 0 saturated heterocycles. The largest absolute Gasteiger partial charge is 0.497 e. The van der Waals surface area contributed by atoms with Crippen molar-refractivity contribution in [3.8, 4) is 5.75 Å². The molecule has 0 fully saturated rings. The predicted molar refractivity (Wildman–Crippen MR) is 114 cm³/mol. The topological polar surface area (TPSA) is 73.2 Å². The summed E-state index contributed by atoms with van der Waals surface area (Å²) < 4.78 is 6.91. The van der Waals surface area contributed by atoms with E-state index in [2.05, 4.69) is 10.3 Å². The molecule has 1 aromatic heterocycles. The van der Waals surface area contributed by atoms with Gasteiger partial charge in [-0.15, -0.1) is 0 Å². The van der Waals surface area contributed by atoms with Crippen molar-refractivity contribution in [1.29, 1.82) is 0 Å². The van der Waals surface area contributed by atoms with Crippen molar-refractivity contribution >= 4 is 28.6 Å². The molecule has 1 amide bonds. The number of nitrogens with zero attached hydrogens (tertiary/aromatic N) is 2. The molecular formula is C23H23N3O3. The molecule has 3 aromatic rings. The van der Waals surface area contributed by atoms with Crippen LogP contribution in [0.15, 0.2) is 53.3 Å². The number of benzene rings is 2. The van der Waals surface area contributed by atoms with E-state index in [1.54, 1.807) is 36.0 Å². The van der Waals surface area contributed by atoms with Gasteiger partial charge in [0.15, 0.2) is 0 Å². The quantitative estimate of drug-likeness (QED) is 0.689. The van der Waals surface area contributed by atoms with Crippen LogP contribution in [0.1, 0.15) is 30.7 Å². The maximum Gasteiger partial charge on any atom is 0.261 e. The third-order valence-corrected chi connectivity index (χ3v) is 5.13. The number of carbonyl (C=O) groups excluding carboxylic acids is 1. The van der Waals surface area contributed by atoms with Gasteiger partial charge in [-0.2, -0.15) is 0 Å². The van der Waals surface area contributed by atoms with E-state index >= 15 is 0 Å². The number of amides is 1. The number of hydrogen-bond acceptors (Lipinski definition) is 4. The molecule has 0 spiro atoms. The van der Waals surface area contributed by atoms with Crippen LogP contribution >= 0.6 is 0 Å². The molecule has 4 rings (SSSR count). The fourth-order valence-electron chi connectivity index (χ4n) is 3.57. The van der Waals surface area contributed by atoms with Crippen molar-refractivity contribution in [2.45, 2.75) is 32.2 Å². The van der Waals surface area contributed by atoms with Crippen LogP contribution in [0.2, 0.25) is 0 Å². The second-order valence-electron chi connectivity index (χ2n) is 7.12. The average Bonchev–Trinajstić information content (AvgIpc) is 2.99. The van der Waals surface area contributed by atoms with E-state index in [0.29, 0.717) is 23.1 Å². The molecule has 148 valence electrons. The van der Waals surface area contributed by atoms with Crippen LogP contribution < -0.4 is 15.6 Å². The van der Waals surface area contributed by atoms with Crippen LogP contribution in [0, 0.1) is 0 Å². The van der Waals surface area contributed by atoms with Gasteiger partial charge in [0.05, 0.1) is 18.0 Å². The Morgan fingerprint density at radius 3 is 2.76 bits per heavy atom. The standard InChI is InChI=1S/C23H23N3O3/c1-29-18-10-6-16(7-11-18)8-13-22(27)24-17-9-12-20-19(15-17)23(28)26-14-4-2-3-5-21(26)25-20/h6-13,15H,2-5,14H2,1H3,(H,24,27). The Hall–Kier alpha value is -3.41. The van der Waals surface area contributed by atoms with Gasteiger partial charge in [-0.1, -0.05) is 18.6 Å². The number of methoxy groups -OCH3 is 1. The number of anilines is 1. The van der Waals surface area contributed by atoms with Crippen LogP contribution in [0.25, 0.3) is 17.0 Å². The number of rotatable bonds is 4. The number of carbonyl (C=O) groups is 1. The van der Waals surface area contributed by atoms with E-state index in [1.165, 1.54) is 6.08 Å². The highest BCUT2D eigenvalue weighted by molar-refractivity contribution is 6.02. The minimum absolute atomic E-state index is 0.0308. The van der Waals surface area contributed by atoms with Gasteiger partial charge in [-0.05, 0) is 54.8 Å². The third-order valence-electron chi connectivity index (χ3n) is 5.13. The fourth-order valence-corrected chi connectivity index (χ4v) is 3.57. The Balaban J connectivity index is 1.54. The molecule has 0 aliphatic carbocycles. The van der Waals surface area contributed by atoms with Crippen molar-refractivity contribution in [1.82, 2.24) is 9.55 Å². The number of hydrogen-bond donors (Lipinski definition) is 1. The number of ether oxygens (including phenoxy) is 1. The Morgan fingerprint density at radius 1 is 1.14 bits per heavy atom. The molecule has 29 heavy (non-hydrogen) atoms. The van der Waals surface area contributed by atoms with Crippen molar-refractivity contribution < 1.29 is 9.53 Å². The zero-order valence-corrected chi connectivity index (χ0v) is 16.4. The lowest BCUT2D eigenvalue weighted by Gasteiger charge is -2.11. The predicted octanol–water partition coefficient (Wildman–Crippen LogP) is 3.78. The summed E-state index contributed by atoms with van der Waals surface area (Å²) >= 11 is 0. The van der Waals surface area contributed by atoms with Crippen LogP contribution in [0.3, 0.4) is 0 Å². The minimum atomic E-state index is -0.261. The number of nitrogens with one attached hydrogen (secondary N) is 1. The van der Waals surface area contributed by atoms with Crippen LogP contribution in [0.4, 0.5) is 5.69 Å². The molecule has 0 atom stereocenters. The highest BCUT2D eigenvalue weighted by Gasteiger charge is 2.14. The van der Waals surface area contributed by atoms with E-state index in [1.807, 2.05) is 24.3 Å². The van der Waals surface area contributed by atoms with Crippen molar-refractivity contribution in [2.24, 2.45) is 0 Å². The molecular weight excluding hydrogens is 366 g/mol. The first-order chi connectivity index (χ1) is 14.1. The molecule has 0 bridgehead atoms. The maximum absolute atomic E-state index is 12.9. The molecule has 1 aliphatic heterocycles. The van der Waals surface area contributed by atoms with Gasteiger partial charge in [-0.3, -0.25) is 14.2 Å². The highest BCUT2D eigenvalue weighted by atomic mass is 16.5. The van der Waals surface area contributed by atoms with E-state index in [0.717, 1.165) is 42.8 Å². The van der Waals surface area contributed by atoms with E-state index in [9.17, 15) is 9.59 Å². The van der Waals surface area contributed by atoms with Gasteiger partial charge in [-0.25, -0.2) is 4.98 Å². The van der Waals surface area contributed by atoms with E-state index in [-0.39, 0.29) is 11.5 Å². The zero-order valence-electron chi connectivity index (χ0n) is 16.4. The molecule has 1 aliphatic rings. The molecule has 6 nitrogen and oxygen atoms in total. The Kier molecular flexibility index (Phi) is 5.42. The number of fused-ring (bicyclic) bond motifs is 2. The van der Waals surface area contributed by atoms with E-state index in [4.69, 9.17) is 4.74 Å². The SMILES string of the molecule is COc1ccc(C=CC(=O)Nc2ccc3nc4n(c(=O)c3c2)CCCCC4)cc1. The third kappa shape index (κ3) is 4.21. The van der Waals surface area contributed by atoms with Crippen molar-refractivity contribution in [3.63, 3.8) is 0 Å². The fraction of sp³-hybridized carbons (Fsp3) is 0.261. The van der Waals surface area contributed by atoms with E-state index < -0.39 is 0 Å². The summed E-state index contributed by atoms with van der Waals surface area (Å²) in [6.07, 6.45) is 7.19. The normalized spacial score (nSPS) is 13.8. The summed E-state index contributed by atoms with van der Waals surface area (Å²) in [7, 11) is 1.61. The van der Waals surface area contributed by atoms with Crippen LogP contribution in [-0.4, -0.2) is 22.6 Å². The zero-order chi connectivity index (χ0) is 20.2. The number of aryl methyl sites for hydroxylation is 1. The lowest BCUT2D eigenvalue weighted by molar-refractivity contribution is -0.111. The average molecular weight is 389 g/mol. The van der Waals surface area contributed by atoms with Gasteiger partial charge < -0.3 is 10.1 Å². The second kappa shape index (κ2) is 8.31. The molecule has 0 unspecified atom stereocenters. The summed E-state index contributed by atoms with van der Waals surface area (Å²) in [5.74, 6) is 1.36. The van der Waals surface area contributed by atoms with Crippen molar-refractivity contribution in [2.75, 3.05) is 12.4 Å². The highest BCUT2D eigenvalue weighted by Crippen LogP contribution is 2.19. The first-order valence-electron chi connectivity index (χ1n) is 9.80. The van der Waals surface area contributed by atoms with Gasteiger partial charge >= 0.3 is 0 Å². The molecule has 0 radical (unpaired) electrons. The lowest BCUT2D eigenvalue weighted by Crippen LogP contribution is -2.24. The second-order valence-corrected chi connectivity index (χ2v) is 7.12. The first kappa shape index (κ1) is 18.9. The summed E-state index contributed by atoms with van der Waals surface area (Å²) in [5, 5.41) is 3.35. The lowest BCUT2D eigenvalue weighted by atomic mass is 10.2. The summed E-state index contributed by atoms with van der Waals surface area (Å²) in [4.78, 5) is 29.9. The van der Waals surface area contributed by atoms with Gasteiger partial charge in [0.1, 0.15) is 11.6 Å². The summed E-state index contributed by atoms with van der Waals surface area (Å²) in [5.41, 5.74) is 2.12. The van der Waals surface area contributed by atoms with Crippen LogP contribution in [0.5, 0.6) is 5.75 Å². The molecule has 2 heterocycles. The molecule has 1 N–H and O–H groups in total. The van der Waals surface area contributed by atoms with Crippen molar-refractivity contribution in [3.05, 3.63) is 70.3 Å². The summed E-state index contributed by atoms with van der Waals surface area (Å²) in [6, 6.07) is 12.7. The molecule has 2 aromatic carbocycles. The van der Waals surface area contributed by atoms with Gasteiger partial charge in [0, 0.05) is 24.7 Å². The summed E-state index contributed by atoms with van der Waals surface area (Å²) in [6.45, 7) is 0.707. The monoisotopic (exact) mass is 389 g/mol. The smallest absolute Gasteiger partial charge is 0.261 e. The Morgan fingerprint density at radius 2 is 1.97 bits per heavy atom. The van der Waals surface area contributed by atoms with Gasteiger partial charge in [0.2, 0.25) is 5.91 Å². The maximum atomic E-state index is 12.9. The Bertz CT molecular complexity index is 1130.